The highest BCUT2D eigenvalue weighted by molar-refractivity contribution is 9.10. The molecule has 0 radical (unpaired) electrons. The number of anilines is 1. The summed E-state index contributed by atoms with van der Waals surface area (Å²) in [6, 6.07) is 8.91. The van der Waals surface area contributed by atoms with Gasteiger partial charge in [-0.15, -0.1) is 10.2 Å². The number of benzene rings is 1. The van der Waals surface area contributed by atoms with Crippen molar-refractivity contribution in [1.82, 2.24) is 24.5 Å². The van der Waals surface area contributed by atoms with Gasteiger partial charge in [-0.2, -0.15) is 0 Å². The van der Waals surface area contributed by atoms with Crippen LogP contribution in [0.15, 0.2) is 41.1 Å². The number of fused-ring (bicyclic) bond motifs is 1. The van der Waals surface area contributed by atoms with Crippen LogP contribution in [-0.4, -0.2) is 50.7 Å². The van der Waals surface area contributed by atoms with Crippen LogP contribution < -0.4 is 4.90 Å². The Morgan fingerprint density at radius 3 is 2.80 bits per heavy atom. The van der Waals surface area contributed by atoms with E-state index < -0.39 is 0 Å². The lowest BCUT2D eigenvalue weighted by Crippen LogP contribution is -2.58. The summed E-state index contributed by atoms with van der Waals surface area (Å²) in [6.45, 7) is 4.94. The lowest BCUT2D eigenvalue weighted by atomic mass is 10.1. The van der Waals surface area contributed by atoms with Gasteiger partial charge in [-0.3, -0.25) is 9.30 Å². The lowest BCUT2D eigenvalue weighted by Gasteiger charge is -2.44. The Hall–Kier alpha value is -1.99. The van der Waals surface area contributed by atoms with Crippen molar-refractivity contribution in [1.29, 1.82) is 0 Å². The molecule has 0 unspecified atom stereocenters. The monoisotopic (exact) mass is 400 g/mol. The third-order valence-corrected chi connectivity index (χ3v) is 5.63. The second-order valence-electron chi connectivity index (χ2n) is 6.48. The molecule has 0 bridgehead atoms. The fraction of sp³-hybridized carbons (Fsp3) is 0.389. The highest BCUT2D eigenvalue weighted by atomic mass is 79.9. The Morgan fingerprint density at radius 2 is 2.04 bits per heavy atom. The van der Waals surface area contributed by atoms with Gasteiger partial charge in [0.15, 0.2) is 5.82 Å². The van der Waals surface area contributed by atoms with E-state index in [1.165, 1.54) is 10.0 Å². The largest absolute Gasteiger partial charge is 0.350 e. The van der Waals surface area contributed by atoms with Gasteiger partial charge in [0, 0.05) is 49.0 Å². The minimum atomic E-state index is 0.516. The fourth-order valence-corrected chi connectivity index (χ4v) is 3.67. The summed E-state index contributed by atoms with van der Waals surface area (Å²) in [4.78, 5) is 9.23. The maximum Gasteiger partial charge on any atom is 0.203 e. The maximum absolute atomic E-state index is 4.54. The van der Waals surface area contributed by atoms with E-state index in [1.807, 2.05) is 22.9 Å². The number of halogens is 1. The van der Waals surface area contributed by atoms with Crippen LogP contribution in [-0.2, 0) is 13.0 Å². The number of aryl methyl sites for hydroxylation is 1. The Labute approximate surface area is 155 Å². The Balaban J connectivity index is 1.45. The topological polar surface area (TPSA) is 49.6 Å². The van der Waals surface area contributed by atoms with Gasteiger partial charge in [-0.05, 0) is 18.7 Å². The van der Waals surface area contributed by atoms with Gasteiger partial charge in [0.25, 0.3) is 0 Å². The predicted molar refractivity (Wildman–Crippen MR) is 102 cm³/mol. The average molecular weight is 401 g/mol. The van der Waals surface area contributed by atoms with E-state index >= 15 is 0 Å². The normalized spacial score (nSPS) is 15.1. The summed E-state index contributed by atoms with van der Waals surface area (Å²) in [7, 11) is 2.18. The van der Waals surface area contributed by atoms with E-state index in [4.69, 9.17) is 0 Å². The summed E-state index contributed by atoms with van der Waals surface area (Å²) in [5.74, 6) is 1.90. The van der Waals surface area contributed by atoms with Gasteiger partial charge < -0.3 is 4.90 Å². The van der Waals surface area contributed by atoms with E-state index in [1.54, 1.807) is 0 Å². The highest BCUT2D eigenvalue weighted by Gasteiger charge is 2.32. The van der Waals surface area contributed by atoms with Crippen LogP contribution in [0, 0.1) is 0 Å². The zero-order chi connectivity index (χ0) is 17.4. The van der Waals surface area contributed by atoms with Crippen molar-refractivity contribution in [3.05, 3.63) is 52.5 Å². The number of rotatable bonds is 5. The summed E-state index contributed by atoms with van der Waals surface area (Å²) in [6.07, 6.45) is 4.64. The molecular weight excluding hydrogens is 380 g/mol. The second kappa shape index (κ2) is 6.72. The van der Waals surface area contributed by atoms with Crippen molar-refractivity contribution in [2.75, 3.05) is 25.0 Å². The number of aromatic nitrogens is 4. The van der Waals surface area contributed by atoms with Gasteiger partial charge in [0.2, 0.25) is 5.65 Å². The van der Waals surface area contributed by atoms with E-state index in [-0.39, 0.29) is 0 Å². The molecule has 0 N–H and O–H groups in total. The molecule has 1 fully saturated rings. The molecule has 1 aromatic carbocycles. The van der Waals surface area contributed by atoms with Crippen LogP contribution in [0.2, 0.25) is 0 Å². The van der Waals surface area contributed by atoms with Crippen LogP contribution in [0.5, 0.6) is 0 Å². The minimum absolute atomic E-state index is 0.516. The molecule has 0 atom stereocenters. The van der Waals surface area contributed by atoms with Gasteiger partial charge >= 0.3 is 0 Å². The van der Waals surface area contributed by atoms with Gasteiger partial charge in [0.05, 0.1) is 0 Å². The van der Waals surface area contributed by atoms with Crippen LogP contribution in [0.1, 0.15) is 18.3 Å². The van der Waals surface area contributed by atoms with Crippen molar-refractivity contribution >= 4 is 27.4 Å². The summed E-state index contributed by atoms with van der Waals surface area (Å²) in [5, 5.41) is 8.60. The number of likely N-dealkylation sites (N-methyl/N-ethyl adjacent to an activating group) is 1. The van der Waals surface area contributed by atoms with Crippen molar-refractivity contribution in [2.45, 2.75) is 25.9 Å². The molecule has 0 spiro atoms. The van der Waals surface area contributed by atoms with Crippen molar-refractivity contribution in [3.63, 3.8) is 0 Å². The van der Waals surface area contributed by atoms with Gasteiger partial charge in [-0.25, -0.2) is 4.98 Å². The molecule has 1 aliphatic heterocycles. The maximum atomic E-state index is 4.54. The van der Waals surface area contributed by atoms with Crippen LogP contribution in [0.4, 0.5) is 5.82 Å². The zero-order valence-corrected chi connectivity index (χ0v) is 16.0. The van der Waals surface area contributed by atoms with Crippen molar-refractivity contribution in [3.8, 4) is 0 Å². The number of hydrogen-bond donors (Lipinski definition) is 0. The van der Waals surface area contributed by atoms with E-state index in [2.05, 4.69) is 73.1 Å². The molecule has 7 heteroatoms. The molecule has 6 nitrogen and oxygen atoms in total. The Morgan fingerprint density at radius 1 is 1.24 bits per heavy atom. The number of nitrogens with zero attached hydrogens (tertiary/aromatic N) is 6. The third-order valence-electron chi connectivity index (χ3n) is 4.86. The molecule has 0 aliphatic carbocycles. The van der Waals surface area contributed by atoms with E-state index in [9.17, 15) is 0 Å². The smallest absolute Gasteiger partial charge is 0.203 e. The third kappa shape index (κ3) is 3.02. The van der Waals surface area contributed by atoms with Crippen molar-refractivity contribution in [2.24, 2.45) is 0 Å². The predicted octanol–water partition coefficient (Wildman–Crippen LogP) is 2.77. The van der Waals surface area contributed by atoms with Crippen LogP contribution >= 0.6 is 15.9 Å². The highest BCUT2D eigenvalue weighted by Crippen LogP contribution is 2.26. The van der Waals surface area contributed by atoms with Crippen LogP contribution in [0.25, 0.3) is 5.65 Å². The molecule has 25 heavy (non-hydrogen) atoms. The second-order valence-corrected chi connectivity index (χ2v) is 7.33. The molecule has 3 heterocycles. The summed E-state index contributed by atoms with van der Waals surface area (Å²) in [5.41, 5.74) is 2.17. The van der Waals surface area contributed by atoms with Gasteiger partial charge in [0.1, 0.15) is 5.82 Å². The molecule has 1 aliphatic rings. The average Bonchev–Trinajstić information content (AvgIpc) is 2.99. The van der Waals surface area contributed by atoms with E-state index in [0.29, 0.717) is 6.04 Å². The Kier molecular flexibility index (Phi) is 4.43. The molecule has 1 saturated heterocycles. The first-order chi connectivity index (χ1) is 12.2. The standard InChI is InChI=1S/C18H21BrN6/c1-3-16-21-22-18-17(20-8-9-25(16)18)24-11-14(12-24)23(2)10-13-6-4-5-7-15(13)19/h4-9,14H,3,10-12H2,1-2H3. The first-order valence-corrected chi connectivity index (χ1v) is 9.34. The lowest BCUT2D eigenvalue weighted by molar-refractivity contribution is 0.196. The first-order valence-electron chi connectivity index (χ1n) is 8.54. The molecule has 2 aromatic heterocycles. The molecule has 0 amide bonds. The molecule has 130 valence electrons. The van der Waals surface area contributed by atoms with E-state index in [0.717, 1.165) is 43.3 Å². The Bertz CT molecular complexity index is 886. The van der Waals surface area contributed by atoms with Crippen LogP contribution in [0.3, 0.4) is 0 Å². The fourth-order valence-electron chi connectivity index (χ4n) is 3.26. The first kappa shape index (κ1) is 16.5. The molecule has 0 saturated carbocycles. The quantitative estimate of drug-likeness (QED) is 0.658. The molecule has 4 rings (SSSR count). The SMILES string of the molecule is CCc1nnc2c(N3CC(N(C)Cc4ccccc4Br)C3)nccn12. The minimum Gasteiger partial charge on any atom is -0.350 e. The number of hydrogen-bond acceptors (Lipinski definition) is 5. The van der Waals surface area contributed by atoms with Crippen molar-refractivity contribution < 1.29 is 0 Å². The van der Waals surface area contributed by atoms with Gasteiger partial charge in [-0.1, -0.05) is 41.1 Å². The molecule has 3 aromatic rings. The summed E-state index contributed by atoms with van der Waals surface area (Å²) >= 11 is 3.63. The molecular formula is C18H21BrN6. The zero-order valence-electron chi connectivity index (χ0n) is 14.4. The summed E-state index contributed by atoms with van der Waals surface area (Å²) < 4.78 is 3.21.